The predicted octanol–water partition coefficient (Wildman–Crippen LogP) is 2.96. The molecule has 4 nitrogen and oxygen atoms in total. The van der Waals surface area contributed by atoms with Crippen molar-refractivity contribution < 1.29 is 18.4 Å². The van der Waals surface area contributed by atoms with Crippen molar-refractivity contribution in [2.75, 3.05) is 19.8 Å². The summed E-state index contributed by atoms with van der Waals surface area (Å²) in [6, 6.07) is 0.977. The summed E-state index contributed by atoms with van der Waals surface area (Å²) in [4.78, 5) is 11.2. The number of hydrogen-bond donors (Lipinski definition) is 0. The number of rotatable bonds is 12. The van der Waals surface area contributed by atoms with Crippen LogP contribution in [0.3, 0.4) is 0 Å². The van der Waals surface area contributed by atoms with Gasteiger partial charge in [0.1, 0.15) is 0 Å². The van der Waals surface area contributed by atoms with Crippen LogP contribution in [-0.2, 0) is 18.4 Å². The van der Waals surface area contributed by atoms with E-state index in [0.29, 0.717) is 12.2 Å². The zero-order chi connectivity index (χ0) is 14.5. The maximum atomic E-state index is 11.2. The molecule has 0 atom stereocenters. The molecular formula is C14H28O4Si. The Labute approximate surface area is 119 Å². The van der Waals surface area contributed by atoms with Crippen LogP contribution in [-0.4, -0.2) is 35.1 Å². The van der Waals surface area contributed by atoms with Crippen LogP contribution in [0.5, 0.6) is 0 Å². The van der Waals surface area contributed by atoms with Crippen LogP contribution in [0.2, 0.25) is 6.04 Å². The number of ether oxygens (including phenoxy) is 1. The molecule has 112 valence electrons. The Morgan fingerprint density at radius 2 is 1.63 bits per heavy atom. The minimum atomic E-state index is -1.51. The van der Waals surface area contributed by atoms with Gasteiger partial charge in [0.15, 0.2) is 0 Å². The Hall–Kier alpha value is -0.653. The van der Waals surface area contributed by atoms with Gasteiger partial charge in [-0.15, -0.1) is 0 Å². The summed E-state index contributed by atoms with van der Waals surface area (Å²) in [5.74, 6) is -0.307. The number of esters is 1. The first kappa shape index (κ1) is 18.3. The second kappa shape index (κ2) is 12.4. The zero-order valence-corrected chi connectivity index (χ0v) is 13.7. The summed E-state index contributed by atoms with van der Waals surface area (Å²) in [5.41, 5.74) is 0.449. The number of carbonyl (C=O) groups is 1. The van der Waals surface area contributed by atoms with Crippen molar-refractivity contribution >= 4 is 15.3 Å². The van der Waals surface area contributed by atoms with Crippen LogP contribution in [0.25, 0.3) is 0 Å². The Morgan fingerprint density at radius 1 is 1.05 bits per heavy atom. The van der Waals surface area contributed by atoms with Crippen molar-refractivity contribution in [2.45, 2.75) is 52.5 Å². The summed E-state index contributed by atoms with van der Waals surface area (Å²) >= 11 is 0. The van der Waals surface area contributed by atoms with E-state index in [1.54, 1.807) is 6.92 Å². The molecule has 0 rings (SSSR count). The molecule has 0 radical (unpaired) electrons. The molecule has 0 fully saturated rings. The Balaban J connectivity index is 3.67. The highest BCUT2D eigenvalue weighted by Gasteiger charge is 2.12. The molecule has 0 aromatic rings. The van der Waals surface area contributed by atoms with Gasteiger partial charge in [0, 0.05) is 18.8 Å². The van der Waals surface area contributed by atoms with E-state index in [0.717, 1.165) is 44.9 Å². The standard InChI is InChI=1S/C14H28O4Si/c1-5-9-17-19(18-10-6-2)12-8-7-11-16-14(15)13(3)4/h19H,3,5-12H2,1-2,4H3. The van der Waals surface area contributed by atoms with E-state index in [9.17, 15) is 4.79 Å². The molecule has 0 spiro atoms. The maximum absolute atomic E-state index is 11.2. The molecule has 0 aliphatic carbocycles. The quantitative estimate of drug-likeness (QED) is 0.240. The average Bonchev–Trinajstić information content (AvgIpc) is 2.40. The van der Waals surface area contributed by atoms with Crippen molar-refractivity contribution in [1.82, 2.24) is 0 Å². The third kappa shape index (κ3) is 10.9. The van der Waals surface area contributed by atoms with Crippen LogP contribution in [0.1, 0.15) is 46.5 Å². The second-order valence-electron chi connectivity index (χ2n) is 4.58. The summed E-state index contributed by atoms with van der Waals surface area (Å²) in [7, 11) is -1.51. The highest BCUT2D eigenvalue weighted by molar-refractivity contribution is 6.44. The molecule has 0 unspecified atom stereocenters. The summed E-state index contributed by atoms with van der Waals surface area (Å²) in [5, 5.41) is 0. The number of carbonyl (C=O) groups excluding carboxylic acids is 1. The van der Waals surface area contributed by atoms with E-state index in [-0.39, 0.29) is 5.97 Å². The fourth-order valence-corrected chi connectivity index (χ4v) is 3.46. The van der Waals surface area contributed by atoms with Crippen molar-refractivity contribution in [3.8, 4) is 0 Å². The van der Waals surface area contributed by atoms with Gasteiger partial charge in [-0.05, 0) is 38.7 Å². The van der Waals surface area contributed by atoms with Gasteiger partial charge < -0.3 is 13.6 Å². The van der Waals surface area contributed by atoms with Crippen molar-refractivity contribution in [3.63, 3.8) is 0 Å². The zero-order valence-electron chi connectivity index (χ0n) is 12.6. The Kier molecular flexibility index (Phi) is 12.0. The van der Waals surface area contributed by atoms with E-state index in [1.165, 1.54) is 0 Å². The Bertz CT molecular complexity index is 248. The fraction of sp³-hybridized carbons (Fsp3) is 0.786. The average molecular weight is 288 g/mol. The third-order valence-electron chi connectivity index (χ3n) is 2.43. The van der Waals surface area contributed by atoms with Gasteiger partial charge >= 0.3 is 15.3 Å². The SMILES string of the molecule is C=C(C)C(=O)OCCCC[SiH](OCCC)OCCC. The lowest BCUT2D eigenvalue weighted by Crippen LogP contribution is -2.24. The minimum absolute atomic E-state index is 0.307. The van der Waals surface area contributed by atoms with Gasteiger partial charge in [0.05, 0.1) is 6.61 Å². The molecule has 0 heterocycles. The lowest BCUT2D eigenvalue weighted by Gasteiger charge is -2.16. The van der Waals surface area contributed by atoms with Crippen molar-refractivity contribution in [1.29, 1.82) is 0 Å². The molecule has 0 saturated carbocycles. The normalized spacial score (nSPS) is 10.7. The van der Waals surface area contributed by atoms with Crippen LogP contribution in [0.4, 0.5) is 0 Å². The van der Waals surface area contributed by atoms with Gasteiger partial charge in [-0.2, -0.15) is 0 Å². The van der Waals surface area contributed by atoms with Gasteiger partial charge in [-0.3, -0.25) is 0 Å². The topological polar surface area (TPSA) is 44.8 Å². The smallest absolute Gasteiger partial charge is 0.333 e. The third-order valence-corrected chi connectivity index (χ3v) is 4.53. The van der Waals surface area contributed by atoms with Crippen molar-refractivity contribution in [3.05, 3.63) is 12.2 Å². The maximum Gasteiger partial charge on any atom is 0.333 e. The molecule has 0 amide bonds. The Morgan fingerprint density at radius 3 is 2.11 bits per heavy atom. The molecule has 0 aromatic carbocycles. The largest absolute Gasteiger partial charge is 0.462 e. The summed E-state index contributed by atoms with van der Waals surface area (Å²) in [6.45, 7) is 11.4. The monoisotopic (exact) mass is 288 g/mol. The summed E-state index contributed by atoms with van der Waals surface area (Å²) < 4.78 is 16.6. The van der Waals surface area contributed by atoms with Crippen LogP contribution in [0.15, 0.2) is 12.2 Å². The van der Waals surface area contributed by atoms with Crippen LogP contribution in [0, 0.1) is 0 Å². The molecule has 0 aliphatic heterocycles. The van der Waals surface area contributed by atoms with Crippen LogP contribution >= 0.6 is 0 Å². The van der Waals surface area contributed by atoms with Gasteiger partial charge in [-0.1, -0.05) is 20.4 Å². The number of hydrogen-bond acceptors (Lipinski definition) is 4. The van der Waals surface area contributed by atoms with Gasteiger partial charge in [-0.25, -0.2) is 4.79 Å². The molecular weight excluding hydrogens is 260 g/mol. The molecule has 0 saturated heterocycles. The fourth-order valence-electron chi connectivity index (χ4n) is 1.41. The van der Waals surface area contributed by atoms with E-state index in [4.69, 9.17) is 13.6 Å². The van der Waals surface area contributed by atoms with E-state index in [2.05, 4.69) is 20.4 Å². The second-order valence-corrected chi connectivity index (χ2v) is 6.69. The highest BCUT2D eigenvalue weighted by Crippen LogP contribution is 2.06. The minimum Gasteiger partial charge on any atom is -0.462 e. The predicted molar refractivity (Wildman–Crippen MR) is 79.4 cm³/mol. The van der Waals surface area contributed by atoms with E-state index < -0.39 is 9.28 Å². The molecule has 0 aromatic heterocycles. The summed E-state index contributed by atoms with van der Waals surface area (Å²) in [6.07, 6.45) is 3.88. The molecule has 0 bridgehead atoms. The van der Waals surface area contributed by atoms with Gasteiger partial charge in [0.25, 0.3) is 0 Å². The lowest BCUT2D eigenvalue weighted by atomic mass is 10.3. The number of unbranched alkanes of at least 4 members (excludes halogenated alkanes) is 1. The first-order valence-corrected chi connectivity index (χ1v) is 8.93. The molecule has 0 aliphatic rings. The molecule has 5 heteroatoms. The van der Waals surface area contributed by atoms with Gasteiger partial charge in [0.2, 0.25) is 0 Å². The molecule has 19 heavy (non-hydrogen) atoms. The first-order valence-electron chi connectivity index (χ1n) is 7.17. The van der Waals surface area contributed by atoms with Crippen LogP contribution < -0.4 is 0 Å². The highest BCUT2D eigenvalue weighted by atomic mass is 28.3. The van der Waals surface area contributed by atoms with E-state index in [1.807, 2.05) is 0 Å². The lowest BCUT2D eigenvalue weighted by molar-refractivity contribution is -0.139. The van der Waals surface area contributed by atoms with Crippen molar-refractivity contribution in [2.24, 2.45) is 0 Å². The molecule has 0 N–H and O–H groups in total. The first-order chi connectivity index (χ1) is 9.11. The van der Waals surface area contributed by atoms with E-state index >= 15 is 0 Å².